The van der Waals surface area contributed by atoms with Crippen LogP contribution in [0.25, 0.3) is 0 Å². The Balaban J connectivity index is 1.61. The number of anilines is 2. The molecule has 3 aromatic carbocycles. The van der Waals surface area contributed by atoms with Crippen LogP contribution in [0.4, 0.5) is 11.4 Å². The monoisotopic (exact) mass is 407 g/mol. The molecule has 6 heteroatoms. The lowest BCUT2D eigenvalue weighted by molar-refractivity contribution is -0.117. The molecule has 0 aliphatic rings. The number of nitrogens with zero attached hydrogens (tertiary/aromatic N) is 1. The Morgan fingerprint density at radius 2 is 1.52 bits per heavy atom. The molecule has 2 N–H and O–H groups in total. The summed E-state index contributed by atoms with van der Waals surface area (Å²) in [5.74, 6) is -0.469. The van der Waals surface area contributed by atoms with E-state index in [1.54, 1.807) is 24.3 Å². The van der Waals surface area contributed by atoms with E-state index >= 15 is 0 Å². The number of carbonyl (C=O) groups is 2. The number of rotatable bonds is 7. The van der Waals surface area contributed by atoms with E-state index in [4.69, 9.17) is 11.6 Å². The van der Waals surface area contributed by atoms with Crippen molar-refractivity contribution >= 4 is 34.8 Å². The number of likely N-dealkylation sites (N-methyl/N-ethyl adjacent to an activating group) is 1. The van der Waals surface area contributed by atoms with Gasteiger partial charge in [-0.15, -0.1) is 0 Å². The zero-order valence-electron chi connectivity index (χ0n) is 16.1. The van der Waals surface area contributed by atoms with Crippen molar-refractivity contribution in [2.24, 2.45) is 0 Å². The molecule has 3 rings (SSSR count). The molecule has 3 aromatic rings. The minimum Gasteiger partial charge on any atom is -0.324 e. The lowest BCUT2D eigenvalue weighted by Crippen LogP contribution is -2.30. The minimum absolute atomic E-state index is 0.192. The molecule has 148 valence electrons. The molecule has 5 nitrogen and oxygen atoms in total. The number of amides is 2. The number of benzene rings is 3. The number of carbonyl (C=O) groups excluding carboxylic acids is 2. The van der Waals surface area contributed by atoms with E-state index in [0.717, 1.165) is 5.56 Å². The van der Waals surface area contributed by atoms with E-state index in [-0.39, 0.29) is 18.4 Å². The summed E-state index contributed by atoms with van der Waals surface area (Å²) in [6, 6.07) is 23.7. The van der Waals surface area contributed by atoms with Crippen LogP contribution in [-0.2, 0) is 11.3 Å². The van der Waals surface area contributed by atoms with Crippen molar-refractivity contribution in [1.82, 2.24) is 4.90 Å². The van der Waals surface area contributed by atoms with Gasteiger partial charge >= 0.3 is 0 Å². The van der Waals surface area contributed by atoms with Crippen molar-refractivity contribution in [3.05, 3.63) is 95.0 Å². The van der Waals surface area contributed by atoms with Gasteiger partial charge in [0.15, 0.2) is 0 Å². The van der Waals surface area contributed by atoms with Gasteiger partial charge in [-0.25, -0.2) is 0 Å². The van der Waals surface area contributed by atoms with E-state index in [1.165, 1.54) is 0 Å². The largest absolute Gasteiger partial charge is 0.324 e. The Bertz CT molecular complexity index is 975. The molecule has 0 atom stereocenters. The fourth-order valence-corrected chi connectivity index (χ4v) is 3.03. The Labute approximate surface area is 175 Å². The Morgan fingerprint density at radius 3 is 2.24 bits per heavy atom. The first-order chi connectivity index (χ1) is 14.0. The minimum atomic E-state index is -0.276. The number of nitrogens with one attached hydrogen (secondary N) is 2. The highest BCUT2D eigenvalue weighted by molar-refractivity contribution is 6.30. The standard InChI is InChI=1S/C23H22ClN3O2/c1-27(15-17-11-13-18(24)14-12-17)16-22(28)26-21-10-6-5-9-20(21)23(29)25-19-7-3-2-4-8-19/h2-14H,15-16H2,1H3,(H,25,29)(H,26,28). The maximum Gasteiger partial charge on any atom is 0.257 e. The van der Waals surface area contributed by atoms with Gasteiger partial charge in [-0.3, -0.25) is 14.5 Å². The molecule has 2 amide bonds. The van der Waals surface area contributed by atoms with Crippen LogP contribution >= 0.6 is 11.6 Å². The van der Waals surface area contributed by atoms with Crippen LogP contribution in [0.1, 0.15) is 15.9 Å². The van der Waals surface area contributed by atoms with Crippen molar-refractivity contribution in [2.45, 2.75) is 6.54 Å². The first kappa shape index (κ1) is 20.6. The van der Waals surface area contributed by atoms with Gasteiger partial charge in [-0.2, -0.15) is 0 Å². The molecule has 29 heavy (non-hydrogen) atoms. The van der Waals surface area contributed by atoms with E-state index in [1.807, 2.05) is 66.5 Å². The fraction of sp³-hybridized carbons (Fsp3) is 0.130. The summed E-state index contributed by atoms with van der Waals surface area (Å²) in [5, 5.41) is 6.36. The third-order valence-electron chi connectivity index (χ3n) is 4.26. The van der Waals surface area contributed by atoms with Gasteiger partial charge in [0, 0.05) is 17.3 Å². The van der Waals surface area contributed by atoms with Crippen LogP contribution < -0.4 is 10.6 Å². The predicted molar refractivity (Wildman–Crippen MR) is 117 cm³/mol. The summed E-state index contributed by atoms with van der Waals surface area (Å²) in [7, 11) is 1.86. The van der Waals surface area contributed by atoms with Gasteiger partial charge in [0.25, 0.3) is 5.91 Å². The van der Waals surface area contributed by atoms with Crippen molar-refractivity contribution in [2.75, 3.05) is 24.2 Å². The fourth-order valence-electron chi connectivity index (χ4n) is 2.90. The van der Waals surface area contributed by atoms with E-state index in [9.17, 15) is 9.59 Å². The van der Waals surface area contributed by atoms with Crippen molar-refractivity contribution < 1.29 is 9.59 Å². The molecule has 0 aromatic heterocycles. The molecule has 0 aliphatic heterocycles. The smallest absolute Gasteiger partial charge is 0.257 e. The van der Waals surface area contributed by atoms with Crippen molar-refractivity contribution in [3.63, 3.8) is 0 Å². The summed E-state index contributed by atoms with van der Waals surface area (Å²) < 4.78 is 0. The second-order valence-corrected chi connectivity index (χ2v) is 7.15. The van der Waals surface area contributed by atoms with Crippen LogP contribution in [0, 0.1) is 0 Å². The molecule has 0 unspecified atom stereocenters. The van der Waals surface area contributed by atoms with Gasteiger partial charge in [0.2, 0.25) is 5.91 Å². The summed E-state index contributed by atoms with van der Waals surface area (Å²) in [6.45, 7) is 0.804. The van der Waals surface area contributed by atoms with Crippen LogP contribution in [0.15, 0.2) is 78.9 Å². The third kappa shape index (κ3) is 6.17. The predicted octanol–water partition coefficient (Wildman–Crippen LogP) is 4.66. The number of hydrogen-bond acceptors (Lipinski definition) is 3. The second-order valence-electron chi connectivity index (χ2n) is 6.71. The first-order valence-corrected chi connectivity index (χ1v) is 9.57. The molecule has 0 aliphatic carbocycles. The van der Waals surface area contributed by atoms with E-state index in [2.05, 4.69) is 10.6 Å². The Kier molecular flexibility index (Phi) is 7.00. The van der Waals surface area contributed by atoms with Gasteiger partial charge in [-0.05, 0) is 49.0 Å². The molecular weight excluding hydrogens is 386 g/mol. The molecule has 0 radical (unpaired) electrons. The van der Waals surface area contributed by atoms with Crippen LogP contribution in [0.5, 0.6) is 0 Å². The average Bonchev–Trinajstić information content (AvgIpc) is 2.70. The summed E-state index contributed by atoms with van der Waals surface area (Å²) in [4.78, 5) is 27.0. The zero-order chi connectivity index (χ0) is 20.6. The van der Waals surface area contributed by atoms with Crippen LogP contribution in [-0.4, -0.2) is 30.3 Å². The van der Waals surface area contributed by atoms with Crippen molar-refractivity contribution in [1.29, 1.82) is 0 Å². The van der Waals surface area contributed by atoms with Gasteiger partial charge < -0.3 is 10.6 Å². The Morgan fingerprint density at radius 1 is 0.862 bits per heavy atom. The third-order valence-corrected chi connectivity index (χ3v) is 4.51. The lowest BCUT2D eigenvalue weighted by Gasteiger charge is -2.17. The zero-order valence-corrected chi connectivity index (χ0v) is 16.8. The van der Waals surface area contributed by atoms with Crippen molar-refractivity contribution in [3.8, 4) is 0 Å². The highest BCUT2D eigenvalue weighted by Crippen LogP contribution is 2.18. The SMILES string of the molecule is CN(CC(=O)Nc1ccccc1C(=O)Nc1ccccc1)Cc1ccc(Cl)cc1. The topological polar surface area (TPSA) is 61.4 Å². The molecule has 0 heterocycles. The lowest BCUT2D eigenvalue weighted by atomic mass is 10.1. The number of hydrogen-bond donors (Lipinski definition) is 2. The highest BCUT2D eigenvalue weighted by Gasteiger charge is 2.14. The molecule has 0 saturated carbocycles. The second kappa shape index (κ2) is 9.87. The maximum absolute atomic E-state index is 12.6. The first-order valence-electron chi connectivity index (χ1n) is 9.19. The van der Waals surface area contributed by atoms with Crippen LogP contribution in [0.2, 0.25) is 5.02 Å². The van der Waals surface area contributed by atoms with E-state index < -0.39 is 0 Å². The summed E-state index contributed by atoms with van der Waals surface area (Å²) in [6.07, 6.45) is 0. The average molecular weight is 408 g/mol. The number of para-hydroxylation sites is 2. The van der Waals surface area contributed by atoms with Gasteiger partial charge in [-0.1, -0.05) is 54.1 Å². The number of halogens is 1. The van der Waals surface area contributed by atoms with Crippen LogP contribution in [0.3, 0.4) is 0 Å². The normalized spacial score (nSPS) is 10.6. The molecule has 0 fully saturated rings. The van der Waals surface area contributed by atoms with Gasteiger partial charge in [0.05, 0.1) is 17.8 Å². The summed E-state index contributed by atoms with van der Waals surface area (Å²) in [5.41, 5.74) is 2.64. The van der Waals surface area contributed by atoms with E-state index in [0.29, 0.717) is 28.5 Å². The highest BCUT2D eigenvalue weighted by atomic mass is 35.5. The molecule has 0 spiro atoms. The van der Waals surface area contributed by atoms with Gasteiger partial charge in [0.1, 0.15) is 0 Å². The molecular formula is C23H22ClN3O2. The molecule has 0 bridgehead atoms. The maximum atomic E-state index is 12.6. The Hall–Kier alpha value is -3.15. The quantitative estimate of drug-likeness (QED) is 0.598. The summed E-state index contributed by atoms with van der Waals surface area (Å²) >= 11 is 5.90. The molecule has 0 saturated heterocycles.